The molecule has 3 aliphatic rings. The highest BCUT2D eigenvalue weighted by molar-refractivity contribution is 7.89. The number of piperazine rings is 1. The molecule has 1 aromatic heterocycles. The summed E-state index contributed by atoms with van der Waals surface area (Å²) in [6.07, 6.45) is 3.14. The number of fused-ring (bicyclic) bond motifs is 1. The molecule has 9 heteroatoms. The Kier molecular flexibility index (Phi) is 5.47. The Balaban J connectivity index is 1.22. The molecule has 0 spiro atoms. The molecule has 0 bridgehead atoms. The van der Waals surface area contributed by atoms with E-state index in [0.717, 1.165) is 48.4 Å². The predicted octanol–water partition coefficient (Wildman–Crippen LogP) is 2.16. The average Bonchev–Trinajstić information content (AvgIpc) is 3.28. The third-order valence-corrected chi connectivity index (χ3v) is 8.50. The van der Waals surface area contributed by atoms with Crippen molar-refractivity contribution in [3.63, 3.8) is 0 Å². The molecule has 1 aromatic carbocycles. The average molecular weight is 444 g/mol. The monoisotopic (exact) mass is 443 g/mol. The smallest absolute Gasteiger partial charge is 0.243 e. The Morgan fingerprint density at radius 1 is 0.903 bits per heavy atom. The standard InChI is InChI=1S/C22H29N5O3S/c1-17-6-9-25(10-7-17)21-4-5-22(24-23-21)26-11-13-27(14-12-26)31(28,29)19-2-3-20-18(16-19)8-15-30-20/h2-5,16-17H,6-15H2,1H3. The molecule has 8 nitrogen and oxygen atoms in total. The Morgan fingerprint density at radius 2 is 1.55 bits per heavy atom. The minimum Gasteiger partial charge on any atom is -0.493 e. The second-order valence-corrected chi connectivity index (χ2v) is 10.6. The van der Waals surface area contributed by atoms with Gasteiger partial charge in [0.1, 0.15) is 5.75 Å². The van der Waals surface area contributed by atoms with Gasteiger partial charge in [-0.3, -0.25) is 0 Å². The summed E-state index contributed by atoms with van der Waals surface area (Å²) in [7, 11) is -3.51. The van der Waals surface area contributed by atoms with Gasteiger partial charge in [-0.15, -0.1) is 10.2 Å². The summed E-state index contributed by atoms with van der Waals surface area (Å²) >= 11 is 0. The van der Waals surface area contributed by atoms with E-state index >= 15 is 0 Å². The number of benzene rings is 1. The van der Waals surface area contributed by atoms with Crippen LogP contribution in [0.1, 0.15) is 25.3 Å². The highest BCUT2D eigenvalue weighted by atomic mass is 32.2. The summed E-state index contributed by atoms with van der Waals surface area (Å²) in [5.74, 6) is 3.31. The largest absolute Gasteiger partial charge is 0.493 e. The van der Waals surface area contributed by atoms with Crippen LogP contribution >= 0.6 is 0 Å². The zero-order valence-electron chi connectivity index (χ0n) is 17.9. The number of piperidine rings is 1. The van der Waals surface area contributed by atoms with Crippen LogP contribution in [0.15, 0.2) is 35.2 Å². The summed E-state index contributed by atoms with van der Waals surface area (Å²) in [6.45, 7) is 7.04. The van der Waals surface area contributed by atoms with Crippen molar-refractivity contribution >= 4 is 21.7 Å². The Morgan fingerprint density at radius 3 is 2.19 bits per heavy atom. The molecule has 0 unspecified atom stereocenters. The molecular formula is C22H29N5O3S. The number of aromatic nitrogens is 2. The first-order valence-electron chi connectivity index (χ1n) is 11.1. The van der Waals surface area contributed by atoms with Crippen molar-refractivity contribution in [3.05, 3.63) is 35.9 Å². The van der Waals surface area contributed by atoms with Gasteiger partial charge in [-0.25, -0.2) is 8.42 Å². The fourth-order valence-electron chi connectivity index (χ4n) is 4.52. The van der Waals surface area contributed by atoms with Gasteiger partial charge >= 0.3 is 0 Å². The molecule has 0 amide bonds. The van der Waals surface area contributed by atoms with Gasteiger partial charge in [0.25, 0.3) is 0 Å². The molecule has 2 fully saturated rings. The predicted molar refractivity (Wildman–Crippen MR) is 119 cm³/mol. The first-order valence-corrected chi connectivity index (χ1v) is 12.5. The molecule has 0 N–H and O–H groups in total. The van der Waals surface area contributed by atoms with Crippen molar-refractivity contribution in [1.82, 2.24) is 14.5 Å². The highest BCUT2D eigenvalue weighted by Crippen LogP contribution is 2.29. The summed E-state index contributed by atoms with van der Waals surface area (Å²) < 4.78 is 33.3. The molecule has 166 valence electrons. The SMILES string of the molecule is CC1CCN(c2ccc(N3CCN(S(=O)(=O)c4ccc5c(c4)CCO5)CC3)nn2)CC1. The topological polar surface area (TPSA) is 78.9 Å². The first-order chi connectivity index (χ1) is 15.0. The Labute approximate surface area is 183 Å². The van der Waals surface area contributed by atoms with E-state index in [-0.39, 0.29) is 0 Å². The molecule has 2 aromatic rings. The van der Waals surface area contributed by atoms with Crippen LogP contribution < -0.4 is 14.5 Å². The van der Waals surface area contributed by atoms with Crippen LogP contribution in [0.4, 0.5) is 11.6 Å². The summed E-state index contributed by atoms with van der Waals surface area (Å²) in [4.78, 5) is 4.76. The molecule has 31 heavy (non-hydrogen) atoms. The Bertz CT molecular complexity index is 1030. The fraction of sp³-hybridized carbons (Fsp3) is 0.545. The van der Waals surface area contributed by atoms with E-state index < -0.39 is 10.0 Å². The van der Waals surface area contributed by atoms with Gasteiger partial charge in [-0.05, 0) is 54.7 Å². The van der Waals surface area contributed by atoms with E-state index in [1.54, 1.807) is 22.5 Å². The third-order valence-electron chi connectivity index (χ3n) is 6.61. The van der Waals surface area contributed by atoms with Gasteiger partial charge in [-0.1, -0.05) is 6.92 Å². The fourth-order valence-corrected chi connectivity index (χ4v) is 6.00. The molecule has 5 rings (SSSR count). The van der Waals surface area contributed by atoms with E-state index in [2.05, 4.69) is 26.9 Å². The van der Waals surface area contributed by atoms with Crippen molar-refractivity contribution in [2.45, 2.75) is 31.1 Å². The van der Waals surface area contributed by atoms with Gasteiger partial charge in [0, 0.05) is 45.7 Å². The first kappa shape index (κ1) is 20.5. The molecular weight excluding hydrogens is 414 g/mol. The second-order valence-electron chi connectivity index (χ2n) is 8.68. The third kappa shape index (κ3) is 4.08. The van der Waals surface area contributed by atoms with E-state index in [4.69, 9.17) is 4.74 Å². The molecule has 4 heterocycles. The lowest BCUT2D eigenvalue weighted by molar-refractivity contribution is 0.356. The van der Waals surface area contributed by atoms with Crippen molar-refractivity contribution in [2.75, 3.05) is 55.7 Å². The molecule has 0 atom stereocenters. The van der Waals surface area contributed by atoms with Crippen LogP contribution in [0.5, 0.6) is 5.75 Å². The molecule has 2 saturated heterocycles. The van der Waals surface area contributed by atoms with Crippen molar-refractivity contribution in [1.29, 1.82) is 0 Å². The van der Waals surface area contributed by atoms with Gasteiger partial charge in [-0.2, -0.15) is 4.31 Å². The molecule has 3 aliphatic heterocycles. The number of sulfonamides is 1. The van der Waals surface area contributed by atoms with Gasteiger partial charge in [0.2, 0.25) is 10.0 Å². The van der Waals surface area contributed by atoms with Crippen LogP contribution in [0.2, 0.25) is 0 Å². The van der Waals surface area contributed by atoms with Crippen molar-refractivity contribution < 1.29 is 13.2 Å². The lowest BCUT2D eigenvalue weighted by Crippen LogP contribution is -2.49. The van der Waals surface area contributed by atoms with Gasteiger partial charge in [0.05, 0.1) is 11.5 Å². The maximum absolute atomic E-state index is 13.1. The van der Waals surface area contributed by atoms with E-state index in [0.29, 0.717) is 37.7 Å². The maximum Gasteiger partial charge on any atom is 0.243 e. The summed E-state index contributed by atoms with van der Waals surface area (Å²) in [5, 5.41) is 8.88. The van der Waals surface area contributed by atoms with Crippen LogP contribution in [0, 0.1) is 5.92 Å². The van der Waals surface area contributed by atoms with E-state index in [9.17, 15) is 8.42 Å². The number of anilines is 2. The van der Waals surface area contributed by atoms with E-state index in [1.165, 1.54) is 12.8 Å². The minimum absolute atomic E-state index is 0.352. The van der Waals surface area contributed by atoms with E-state index in [1.807, 2.05) is 12.1 Å². The maximum atomic E-state index is 13.1. The number of nitrogens with zero attached hydrogens (tertiary/aromatic N) is 5. The zero-order chi connectivity index (χ0) is 21.4. The Hall–Kier alpha value is -2.39. The summed E-state index contributed by atoms with van der Waals surface area (Å²) in [6, 6.07) is 9.22. The normalized spacial score (nSPS) is 20.5. The zero-order valence-corrected chi connectivity index (χ0v) is 18.7. The minimum atomic E-state index is -3.51. The van der Waals surface area contributed by atoms with Crippen LogP contribution in [0.3, 0.4) is 0 Å². The number of ether oxygens (including phenoxy) is 1. The van der Waals surface area contributed by atoms with Gasteiger partial charge < -0.3 is 14.5 Å². The highest BCUT2D eigenvalue weighted by Gasteiger charge is 2.30. The number of rotatable bonds is 4. The lowest BCUT2D eigenvalue weighted by Gasteiger charge is -2.35. The lowest BCUT2D eigenvalue weighted by atomic mass is 9.99. The molecule has 0 saturated carbocycles. The van der Waals surface area contributed by atoms with Crippen molar-refractivity contribution in [3.8, 4) is 5.75 Å². The van der Waals surface area contributed by atoms with Crippen molar-refractivity contribution in [2.24, 2.45) is 5.92 Å². The van der Waals surface area contributed by atoms with Crippen LogP contribution in [-0.4, -0.2) is 68.8 Å². The van der Waals surface area contributed by atoms with Crippen LogP contribution in [-0.2, 0) is 16.4 Å². The summed E-state index contributed by atoms with van der Waals surface area (Å²) in [5.41, 5.74) is 0.971. The molecule has 0 aliphatic carbocycles. The van der Waals surface area contributed by atoms with Gasteiger partial charge in [0.15, 0.2) is 11.6 Å². The quantitative estimate of drug-likeness (QED) is 0.716. The molecule has 0 radical (unpaired) electrons. The van der Waals surface area contributed by atoms with Crippen LogP contribution in [0.25, 0.3) is 0 Å². The second kappa shape index (κ2) is 8.27. The number of hydrogen-bond acceptors (Lipinski definition) is 7. The number of hydrogen-bond donors (Lipinski definition) is 0.